The smallest absolute Gasteiger partial charge is 0.862 e. The van der Waals surface area contributed by atoms with E-state index in [1.54, 1.807) is 11.5 Å². The minimum absolute atomic E-state index is 0. The maximum atomic E-state index is 14.4. The molecule has 6 aliphatic heterocycles. The Bertz CT molecular complexity index is 3870. The third-order valence-corrected chi connectivity index (χ3v) is 22.9. The summed E-state index contributed by atoms with van der Waals surface area (Å²) in [6.45, 7) is 20.3. The van der Waals surface area contributed by atoms with Gasteiger partial charge in [-0.1, -0.05) is 34.6 Å². The number of carbonyl (C=O) groups excluding carboxylic acids is 6. The van der Waals surface area contributed by atoms with Crippen molar-refractivity contribution in [2.75, 3.05) is 18.9 Å². The van der Waals surface area contributed by atoms with Crippen LogP contribution in [0.2, 0.25) is 0 Å². The molecule has 0 spiro atoms. The van der Waals surface area contributed by atoms with Crippen LogP contribution in [0.1, 0.15) is 157 Å². The number of aliphatic hydroxyl groups excluding tert-OH is 2. The number of phosphoric ester groups is 1. The summed E-state index contributed by atoms with van der Waals surface area (Å²) in [4.78, 5) is 121. The van der Waals surface area contributed by atoms with Crippen LogP contribution >= 0.6 is 20.5 Å². The average Bonchev–Trinajstić information content (AvgIpc) is 1.53. The van der Waals surface area contributed by atoms with Crippen molar-refractivity contribution < 1.29 is 99.1 Å². The van der Waals surface area contributed by atoms with Crippen LogP contribution in [0.15, 0.2) is 67.8 Å². The fourth-order valence-corrected chi connectivity index (χ4v) is 17.2. The number of nitrogens with two attached hydrogens (primary N) is 4. The van der Waals surface area contributed by atoms with E-state index < -0.39 is 155 Å². The number of phosphoric acid groups is 1. The number of imidazole rings is 1. The van der Waals surface area contributed by atoms with E-state index in [1.165, 1.54) is 20.2 Å². The summed E-state index contributed by atoms with van der Waals surface area (Å²) in [6.07, 6.45) is -4.81. The molecule has 1 aromatic heterocycles. The Hall–Kier alpha value is -7.20. The molecule has 1 aromatic carbocycles. The molecule has 557 valence electrons. The van der Waals surface area contributed by atoms with Gasteiger partial charge in [-0.25, -0.2) is 14.3 Å². The molecule has 0 saturated carbocycles. The van der Waals surface area contributed by atoms with Crippen molar-refractivity contribution in [1.82, 2.24) is 25.5 Å². The first-order chi connectivity index (χ1) is 46.4. The molecule has 17 N–H and O–H groups in total. The minimum Gasteiger partial charge on any atom is -0.862 e. The van der Waals surface area contributed by atoms with Crippen LogP contribution in [0, 0.1) is 70.0 Å². The van der Waals surface area contributed by atoms with Gasteiger partial charge in [0.15, 0.2) is 6.23 Å². The number of nitrogens with one attached hydrogen (secondary N) is 5. The summed E-state index contributed by atoms with van der Waals surface area (Å²) >= 11 is 3.73. The number of rotatable bonds is 29. The van der Waals surface area contributed by atoms with E-state index in [0.29, 0.717) is 56.4 Å². The van der Waals surface area contributed by atoms with Gasteiger partial charge in [0.05, 0.1) is 41.7 Å². The number of primary amides is 4. The first-order valence-corrected chi connectivity index (χ1v) is 35.3. The number of aliphatic imine (C=N–C) groups is 3. The molecule has 6 amide bonds. The molecule has 6 aliphatic rings. The van der Waals surface area contributed by atoms with Crippen molar-refractivity contribution in [3.63, 3.8) is 0 Å². The van der Waals surface area contributed by atoms with Gasteiger partial charge in [-0.15, -0.1) is 0 Å². The Morgan fingerprint density at radius 3 is 2.01 bits per heavy atom. The molecule has 101 heavy (non-hydrogen) atoms. The standard InChI is InChI=1S/C62H90N13O14P.C5H9NO3S.Co/c1-29-20-39-40(21-30(29)2)75(28-70-39)57-52(84)53(41(27-76)87-57)89-90(85,86)88-31(3)26-69-49(83)18-19-59(8)37(22-46(66)80)56-62(11)61(10,25-48(68)82)36(14-17-45(65)79)51(74-62)33(5)55-60(9,24-47(67)81)34(12-15-43(63)77)38(71-55)23-42-58(6,7)35(13-16-44(64)78)50(72-42)32(4)54(59)73-56;1-3(7)6-4(2-10)5(8)9;/h20-21,23,28,31,34-37,41,52-53,56-57,71,76,84H,12-19,22,24-27H2,1-11H3,(H2,63,77)(H2,64,78)(H2,65,79)(H2,66,80)(H2,67,81)(H2,68,82)(H,69,83)(H,85,86);4,10H,2H2,1H3,(H,6,7)(H,8,9);/q;;+2/p-2. The third kappa shape index (κ3) is 17.4. The molecule has 2 fully saturated rings. The molecule has 2 saturated heterocycles. The van der Waals surface area contributed by atoms with Gasteiger partial charge in [-0.2, -0.15) is 12.6 Å². The monoisotopic (exact) mass is 1490 g/mol. The fourth-order valence-electron chi connectivity index (χ4n) is 15.8. The fraction of sp³-hybridized carbons (Fsp3) is 0.627. The van der Waals surface area contributed by atoms with Crippen molar-refractivity contribution in [3.05, 3.63) is 63.9 Å². The number of benzene rings is 1. The molecule has 7 heterocycles. The summed E-state index contributed by atoms with van der Waals surface area (Å²) in [6, 6.07) is 1.80. The van der Waals surface area contributed by atoms with E-state index in [0.717, 1.165) is 11.1 Å². The summed E-state index contributed by atoms with van der Waals surface area (Å²) in [7, 11) is -5.07. The van der Waals surface area contributed by atoms with E-state index in [-0.39, 0.29) is 106 Å². The van der Waals surface area contributed by atoms with Crippen molar-refractivity contribution in [1.29, 1.82) is 10.8 Å². The van der Waals surface area contributed by atoms with Gasteiger partial charge in [0.25, 0.3) is 0 Å². The van der Waals surface area contributed by atoms with Crippen LogP contribution < -0.4 is 49.1 Å². The Balaban J connectivity index is 0.00000135. The van der Waals surface area contributed by atoms with E-state index in [4.69, 9.17) is 67.6 Å². The van der Waals surface area contributed by atoms with Crippen molar-refractivity contribution in [2.24, 2.45) is 83.2 Å². The Kier molecular flexibility index (Phi) is 26.4. The van der Waals surface area contributed by atoms with Crippen LogP contribution in [-0.2, 0) is 68.7 Å². The maximum Gasteiger partial charge on any atom is 2.00 e. The van der Waals surface area contributed by atoms with Gasteiger partial charge in [0.1, 0.15) is 24.4 Å². The number of aliphatic hydroxyl groups is 2. The first kappa shape index (κ1) is 82.7. The summed E-state index contributed by atoms with van der Waals surface area (Å²) in [5.41, 5.74) is 25.3. The first-order valence-electron chi connectivity index (χ1n) is 33.2. The number of amides is 6. The number of carboxylic acid groups (broad SMARTS) is 1. The molecule has 16 atom stereocenters. The largest absolute Gasteiger partial charge is 2.00 e. The zero-order valence-electron chi connectivity index (χ0n) is 58.9. The van der Waals surface area contributed by atoms with Crippen molar-refractivity contribution >= 4 is 102 Å². The van der Waals surface area contributed by atoms with E-state index in [9.17, 15) is 63.4 Å². The van der Waals surface area contributed by atoms with Gasteiger partial charge in [0.2, 0.25) is 35.4 Å². The molecule has 8 bridgehead atoms. The number of fused-ring (bicyclic) bond motifs is 7. The van der Waals surface area contributed by atoms with Crippen LogP contribution in [0.3, 0.4) is 0 Å². The van der Waals surface area contributed by atoms with Crippen LogP contribution in [0.5, 0.6) is 0 Å². The number of nitrogens with zero attached hydrogens (tertiary/aromatic N) is 5. The van der Waals surface area contributed by atoms with Crippen LogP contribution in [-0.4, -0.2) is 161 Å². The second kappa shape index (κ2) is 32.2. The summed E-state index contributed by atoms with van der Waals surface area (Å²) in [5.74, 6) is -9.21. The molecule has 34 heteroatoms. The number of ether oxygens (including phenoxy) is 1. The number of carbonyl (C=O) groups is 7. The SMILES string of the molecule is CC(=O)NC(CS)C(=O)O.CC1=C2N=C(C=C3NC(=C(C)C4=NC(C)(C5N=C1C(C)(CCC(=O)NCC(C)OP(=O)(O)OC1C(CO)OC(n6cnc7cc(C)c(C)cc76)C1O)C5CC(N)=O)C(C)(CC(N)=O)C4CCC(N)=O)C(C)(CC(N)=O)C3CCC(=N)[O-])C(C)(C)C2CCC(=N)[O-].[Co+2]. The number of hydrogen-bond acceptors (Lipinski definition) is 23. The third-order valence-electron chi connectivity index (χ3n) is 21.4. The minimum atomic E-state index is -5.07. The molecule has 8 rings (SSSR count). The molecular formula is C67H97CoN14O17PS. The Morgan fingerprint density at radius 1 is 0.861 bits per heavy atom. The van der Waals surface area contributed by atoms with Gasteiger partial charge >= 0.3 is 30.6 Å². The number of thiol groups is 1. The molecular weight excluding hydrogens is 1390 g/mol. The molecule has 1 radical (unpaired) electrons. The summed E-state index contributed by atoms with van der Waals surface area (Å²) in [5, 5.41) is 79.9. The normalized spacial score (nSPS) is 29.8. The van der Waals surface area contributed by atoms with Crippen molar-refractivity contribution in [3.8, 4) is 0 Å². The quantitative estimate of drug-likeness (QED) is 0.0241. The summed E-state index contributed by atoms with van der Waals surface area (Å²) < 4.78 is 32.2. The second-order valence-corrected chi connectivity index (χ2v) is 30.5. The van der Waals surface area contributed by atoms with Gasteiger partial charge in [-0.05, 0) is 132 Å². The number of allylic oxidation sites excluding steroid dienone is 6. The van der Waals surface area contributed by atoms with Crippen LogP contribution in [0.25, 0.3) is 11.0 Å². The molecule has 0 aliphatic carbocycles. The van der Waals surface area contributed by atoms with Crippen molar-refractivity contribution in [2.45, 2.75) is 202 Å². The van der Waals surface area contributed by atoms with Gasteiger partial charge in [-0.3, -0.25) is 52.8 Å². The topological polar surface area (TPSA) is 534 Å². The van der Waals surface area contributed by atoms with E-state index in [1.807, 2.05) is 80.5 Å². The van der Waals surface area contributed by atoms with E-state index in [2.05, 4.69) is 33.6 Å². The number of hydrogen-bond donors (Lipinski definition) is 14. The second-order valence-electron chi connectivity index (χ2n) is 28.8. The maximum absolute atomic E-state index is 14.4. The predicted molar refractivity (Wildman–Crippen MR) is 370 cm³/mol. The van der Waals surface area contributed by atoms with Gasteiger partial charge < -0.3 is 89.4 Å². The average molecular weight is 1490 g/mol. The van der Waals surface area contributed by atoms with Crippen LogP contribution in [0.4, 0.5) is 0 Å². The number of aliphatic carboxylic acids is 1. The number of carboxylic acids is 1. The zero-order valence-corrected chi connectivity index (χ0v) is 61.8. The number of aromatic nitrogens is 2. The molecule has 31 nitrogen and oxygen atoms in total. The number of aryl methyl sites for hydroxylation is 2. The Labute approximate surface area is 602 Å². The van der Waals surface area contributed by atoms with E-state index >= 15 is 0 Å². The molecule has 2 aromatic rings. The molecule has 16 unspecified atom stereocenters. The Morgan fingerprint density at radius 2 is 1.47 bits per heavy atom. The predicted octanol–water partition coefficient (Wildman–Crippen LogP) is 2.37. The van der Waals surface area contributed by atoms with Gasteiger partial charge in [0, 0.05) is 131 Å². The zero-order chi connectivity index (χ0) is 74.9.